The van der Waals surface area contributed by atoms with Gasteiger partial charge in [0.25, 0.3) is 0 Å². The monoisotopic (exact) mass is 646 g/mol. The summed E-state index contributed by atoms with van der Waals surface area (Å²) in [5.41, 5.74) is 0. The SMILES string of the molecule is CCCCCCCCCCCCCCCCCCCCCC(=O)OC(COC(=O)CCC)COC1OC(CO)C(O)C(O)C1O. The Kier molecular flexibility index (Phi) is 25.8. The van der Waals surface area contributed by atoms with E-state index in [-0.39, 0.29) is 26.1 Å². The van der Waals surface area contributed by atoms with Crippen LogP contribution in [0.2, 0.25) is 0 Å². The Hall–Kier alpha value is -1.30. The van der Waals surface area contributed by atoms with E-state index in [9.17, 15) is 30.0 Å². The zero-order valence-electron chi connectivity index (χ0n) is 28.4. The molecule has 45 heavy (non-hydrogen) atoms. The molecule has 0 radical (unpaired) electrons. The first-order valence-corrected chi connectivity index (χ1v) is 18.1. The number of carbonyl (C=O) groups is 2. The molecule has 0 saturated carbocycles. The van der Waals surface area contributed by atoms with Crippen LogP contribution in [-0.4, -0.2) is 89.0 Å². The minimum Gasteiger partial charge on any atom is -0.462 e. The van der Waals surface area contributed by atoms with Crippen molar-refractivity contribution in [2.24, 2.45) is 0 Å². The Balaban J connectivity index is 2.16. The normalized spacial score (nSPS) is 22.3. The van der Waals surface area contributed by atoms with E-state index in [4.69, 9.17) is 18.9 Å². The largest absolute Gasteiger partial charge is 0.462 e. The highest BCUT2D eigenvalue weighted by Gasteiger charge is 2.44. The Bertz CT molecular complexity index is 719. The Morgan fingerprint density at radius 3 is 1.56 bits per heavy atom. The molecule has 1 saturated heterocycles. The molecule has 0 aliphatic carbocycles. The van der Waals surface area contributed by atoms with Gasteiger partial charge in [0.1, 0.15) is 31.0 Å². The lowest BCUT2D eigenvalue weighted by Gasteiger charge is -2.39. The van der Waals surface area contributed by atoms with Gasteiger partial charge in [0.2, 0.25) is 0 Å². The molecule has 0 aromatic rings. The summed E-state index contributed by atoms with van der Waals surface area (Å²) in [7, 11) is 0. The van der Waals surface area contributed by atoms with E-state index in [0.717, 1.165) is 19.3 Å². The molecule has 0 spiro atoms. The van der Waals surface area contributed by atoms with E-state index >= 15 is 0 Å². The fourth-order valence-electron chi connectivity index (χ4n) is 5.58. The molecule has 1 aliphatic heterocycles. The number of hydrogen-bond acceptors (Lipinski definition) is 10. The molecule has 0 aromatic heterocycles. The maximum absolute atomic E-state index is 12.5. The van der Waals surface area contributed by atoms with Crippen molar-refractivity contribution in [1.82, 2.24) is 0 Å². The second kappa shape index (κ2) is 27.8. The summed E-state index contributed by atoms with van der Waals surface area (Å²) < 4.78 is 21.6. The van der Waals surface area contributed by atoms with Crippen LogP contribution in [0.3, 0.4) is 0 Å². The highest BCUT2D eigenvalue weighted by Crippen LogP contribution is 2.22. The zero-order chi connectivity index (χ0) is 33.1. The fraction of sp³-hybridized carbons (Fsp3) is 0.943. The maximum Gasteiger partial charge on any atom is 0.306 e. The summed E-state index contributed by atoms with van der Waals surface area (Å²) in [6, 6.07) is 0. The molecule has 0 amide bonds. The average molecular weight is 647 g/mol. The smallest absolute Gasteiger partial charge is 0.306 e. The van der Waals surface area contributed by atoms with Gasteiger partial charge < -0.3 is 39.4 Å². The number of unbranched alkanes of at least 4 members (excludes halogenated alkanes) is 18. The lowest BCUT2D eigenvalue weighted by molar-refractivity contribution is -0.305. The predicted molar refractivity (Wildman–Crippen MR) is 173 cm³/mol. The van der Waals surface area contributed by atoms with E-state index in [1.807, 2.05) is 6.92 Å². The molecular formula is C35H66O10. The summed E-state index contributed by atoms with van der Waals surface area (Å²) in [6.07, 6.45) is 17.2. The van der Waals surface area contributed by atoms with Crippen LogP contribution >= 0.6 is 0 Å². The first-order valence-electron chi connectivity index (χ1n) is 18.1. The molecule has 6 unspecified atom stereocenters. The van der Waals surface area contributed by atoms with E-state index in [2.05, 4.69) is 6.92 Å². The second-order valence-electron chi connectivity index (χ2n) is 12.7. The van der Waals surface area contributed by atoms with Crippen LogP contribution in [0, 0.1) is 0 Å². The summed E-state index contributed by atoms with van der Waals surface area (Å²) in [4.78, 5) is 24.4. The highest BCUT2D eigenvalue weighted by atomic mass is 16.7. The molecule has 1 heterocycles. The third-order valence-electron chi connectivity index (χ3n) is 8.46. The number of hydrogen-bond donors (Lipinski definition) is 4. The molecule has 0 bridgehead atoms. The minimum atomic E-state index is -1.58. The van der Waals surface area contributed by atoms with Crippen LogP contribution in [0.1, 0.15) is 155 Å². The molecule has 1 rings (SSSR count). The van der Waals surface area contributed by atoms with Gasteiger partial charge in [0.15, 0.2) is 12.4 Å². The van der Waals surface area contributed by atoms with Crippen LogP contribution in [0.25, 0.3) is 0 Å². The van der Waals surface area contributed by atoms with E-state index < -0.39 is 55.4 Å². The van der Waals surface area contributed by atoms with Gasteiger partial charge in [-0.2, -0.15) is 0 Å². The quantitative estimate of drug-likeness (QED) is 0.0573. The number of carbonyl (C=O) groups excluding carboxylic acids is 2. The number of aliphatic hydroxyl groups excluding tert-OH is 4. The minimum absolute atomic E-state index is 0.221. The summed E-state index contributed by atoms with van der Waals surface area (Å²) in [5, 5.41) is 39.5. The van der Waals surface area contributed by atoms with Crippen molar-refractivity contribution in [3.63, 3.8) is 0 Å². The van der Waals surface area contributed by atoms with Crippen LogP contribution in [0.15, 0.2) is 0 Å². The van der Waals surface area contributed by atoms with Crippen molar-refractivity contribution in [3.05, 3.63) is 0 Å². The van der Waals surface area contributed by atoms with E-state index in [1.54, 1.807) is 0 Å². The third kappa shape index (κ3) is 20.5. The average Bonchev–Trinajstić information content (AvgIpc) is 3.03. The standard InChI is InChI=1S/C35H66O10/c1-3-5-6-7-8-9-10-11-12-13-14-15-16-17-18-19-20-21-22-24-31(38)44-28(26-42-30(37)23-4-2)27-43-35-34(41)33(40)32(39)29(25-36)45-35/h28-29,32-36,39-41H,3-27H2,1-2H3. The topological polar surface area (TPSA) is 152 Å². The first kappa shape index (κ1) is 41.7. The molecule has 6 atom stereocenters. The van der Waals surface area contributed by atoms with Crippen LogP contribution < -0.4 is 0 Å². The van der Waals surface area contributed by atoms with Crippen LogP contribution in [0.4, 0.5) is 0 Å². The molecule has 10 nitrogen and oxygen atoms in total. The van der Waals surface area contributed by atoms with E-state index in [1.165, 1.54) is 96.3 Å². The Morgan fingerprint density at radius 1 is 0.600 bits per heavy atom. The van der Waals surface area contributed by atoms with Gasteiger partial charge in [-0.3, -0.25) is 9.59 Å². The van der Waals surface area contributed by atoms with Crippen LogP contribution in [-0.2, 0) is 28.5 Å². The lowest BCUT2D eigenvalue weighted by Crippen LogP contribution is -2.59. The Labute approximate surface area is 272 Å². The number of aliphatic hydroxyl groups is 4. The lowest BCUT2D eigenvalue weighted by atomic mass is 9.99. The molecule has 266 valence electrons. The van der Waals surface area contributed by atoms with Gasteiger partial charge in [0.05, 0.1) is 13.2 Å². The van der Waals surface area contributed by atoms with Crippen molar-refractivity contribution in [2.75, 3.05) is 19.8 Å². The molecule has 0 aromatic carbocycles. The zero-order valence-corrected chi connectivity index (χ0v) is 28.4. The maximum atomic E-state index is 12.5. The number of rotatable bonds is 29. The summed E-state index contributed by atoms with van der Waals surface area (Å²) >= 11 is 0. The highest BCUT2D eigenvalue weighted by molar-refractivity contribution is 5.70. The number of esters is 2. The summed E-state index contributed by atoms with van der Waals surface area (Å²) in [6.45, 7) is 3.04. The van der Waals surface area contributed by atoms with Crippen molar-refractivity contribution in [1.29, 1.82) is 0 Å². The first-order chi connectivity index (χ1) is 21.8. The van der Waals surface area contributed by atoms with Gasteiger partial charge in [-0.15, -0.1) is 0 Å². The molecule has 4 N–H and O–H groups in total. The van der Waals surface area contributed by atoms with Gasteiger partial charge in [-0.25, -0.2) is 0 Å². The van der Waals surface area contributed by atoms with Crippen molar-refractivity contribution in [2.45, 2.75) is 192 Å². The van der Waals surface area contributed by atoms with Gasteiger partial charge in [0, 0.05) is 12.8 Å². The van der Waals surface area contributed by atoms with Gasteiger partial charge in [-0.1, -0.05) is 129 Å². The molecule has 10 heteroatoms. The Morgan fingerprint density at radius 2 is 1.09 bits per heavy atom. The third-order valence-corrected chi connectivity index (χ3v) is 8.46. The molecular weight excluding hydrogens is 580 g/mol. The summed E-state index contributed by atoms with van der Waals surface area (Å²) in [5.74, 6) is -0.860. The molecule has 1 fully saturated rings. The second-order valence-corrected chi connectivity index (χ2v) is 12.7. The fourth-order valence-corrected chi connectivity index (χ4v) is 5.58. The van der Waals surface area contributed by atoms with Crippen molar-refractivity contribution < 1.29 is 49.0 Å². The predicted octanol–water partition coefficient (Wildman–Crippen LogP) is 5.88. The van der Waals surface area contributed by atoms with Gasteiger partial charge >= 0.3 is 11.9 Å². The van der Waals surface area contributed by atoms with Crippen molar-refractivity contribution in [3.8, 4) is 0 Å². The van der Waals surface area contributed by atoms with Gasteiger partial charge in [-0.05, 0) is 12.8 Å². The van der Waals surface area contributed by atoms with Crippen LogP contribution in [0.5, 0.6) is 0 Å². The molecule has 1 aliphatic rings. The van der Waals surface area contributed by atoms with Crippen molar-refractivity contribution >= 4 is 11.9 Å². The van der Waals surface area contributed by atoms with E-state index in [0.29, 0.717) is 12.8 Å². The number of ether oxygens (including phenoxy) is 4.